The minimum absolute atomic E-state index is 0.190. The number of nitrogens with zero attached hydrogens (tertiary/aromatic N) is 1. The van der Waals surface area contributed by atoms with Crippen molar-refractivity contribution in [1.29, 1.82) is 5.26 Å². The van der Waals surface area contributed by atoms with Crippen LogP contribution < -0.4 is 10.6 Å². The molecule has 1 aromatic rings. The molecule has 0 aromatic heterocycles. The Morgan fingerprint density at radius 2 is 2.06 bits per heavy atom. The fraction of sp³-hybridized carbons (Fsp3) is 0.250. The minimum Gasteiger partial charge on any atom is -0.301 e. The summed E-state index contributed by atoms with van der Waals surface area (Å²) in [6.07, 6.45) is 0.190. The second-order valence-corrected chi connectivity index (χ2v) is 3.86. The second-order valence-electron chi connectivity index (χ2n) is 3.86. The van der Waals surface area contributed by atoms with Gasteiger partial charge in [-0.2, -0.15) is 5.26 Å². The van der Waals surface area contributed by atoms with Crippen molar-refractivity contribution in [3.63, 3.8) is 0 Å². The molecule has 17 heavy (non-hydrogen) atoms. The van der Waals surface area contributed by atoms with Crippen LogP contribution in [0.4, 0.5) is 0 Å². The molecule has 1 heterocycles. The summed E-state index contributed by atoms with van der Waals surface area (Å²) in [7, 11) is 0. The first-order valence-corrected chi connectivity index (χ1v) is 5.25. The lowest BCUT2D eigenvalue weighted by atomic mass is 10.1. The Kier molecular flexibility index (Phi) is 3.17. The van der Waals surface area contributed by atoms with Crippen molar-refractivity contribution < 1.29 is 9.59 Å². The molecule has 1 aliphatic heterocycles. The van der Waals surface area contributed by atoms with Crippen LogP contribution in [0.3, 0.4) is 0 Å². The van der Waals surface area contributed by atoms with Crippen molar-refractivity contribution >= 4 is 11.8 Å². The molecule has 0 radical (unpaired) electrons. The van der Waals surface area contributed by atoms with Gasteiger partial charge in [0.2, 0.25) is 11.8 Å². The van der Waals surface area contributed by atoms with Crippen molar-refractivity contribution in [2.45, 2.75) is 19.0 Å². The Labute approximate surface area is 98.4 Å². The Morgan fingerprint density at radius 1 is 1.35 bits per heavy atom. The van der Waals surface area contributed by atoms with Crippen molar-refractivity contribution in [2.24, 2.45) is 0 Å². The molecule has 2 amide bonds. The van der Waals surface area contributed by atoms with Gasteiger partial charge < -0.3 is 5.32 Å². The zero-order valence-corrected chi connectivity index (χ0v) is 9.06. The van der Waals surface area contributed by atoms with E-state index in [0.29, 0.717) is 12.1 Å². The largest absolute Gasteiger partial charge is 0.301 e. The predicted molar refractivity (Wildman–Crippen MR) is 59.6 cm³/mol. The van der Waals surface area contributed by atoms with Crippen molar-refractivity contribution in [3.05, 3.63) is 35.4 Å². The smallest absolute Gasteiger partial charge is 0.244 e. The molecule has 86 valence electrons. The quantitative estimate of drug-likeness (QED) is 0.718. The van der Waals surface area contributed by atoms with Gasteiger partial charge >= 0.3 is 0 Å². The summed E-state index contributed by atoms with van der Waals surface area (Å²) in [5.74, 6) is -0.518. The molecular formula is C12H11N3O2. The number of rotatable bonds is 3. The van der Waals surface area contributed by atoms with Gasteiger partial charge in [-0.25, -0.2) is 0 Å². The molecule has 1 aliphatic rings. The zero-order valence-electron chi connectivity index (χ0n) is 9.06. The monoisotopic (exact) mass is 229 g/mol. The number of carbonyl (C=O) groups excluding carboxylic acids is 2. The lowest BCUT2D eigenvalue weighted by Gasteiger charge is -2.08. The molecule has 5 nitrogen and oxygen atoms in total. The lowest BCUT2D eigenvalue weighted by Crippen LogP contribution is -2.35. The summed E-state index contributed by atoms with van der Waals surface area (Å²) in [5, 5.41) is 13.9. The van der Waals surface area contributed by atoms with Gasteiger partial charge in [-0.05, 0) is 17.7 Å². The highest BCUT2D eigenvalue weighted by molar-refractivity contribution is 6.05. The van der Waals surface area contributed by atoms with E-state index in [1.807, 2.05) is 18.2 Å². The summed E-state index contributed by atoms with van der Waals surface area (Å²) < 4.78 is 0. The number of carbonyl (C=O) groups is 2. The van der Waals surface area contributed by atoms with Gasteiger partial charge in [0.05, 0.1) is 24.1 Å². The third-order valence-electron chi connectivity index (χ3n) is 2.60. The number of nitriles is 1. The van der Waals surface area contributed by atoms with Gasteiger partial charge in [0.25, 0.3) is 0 Å². The molecule has 1 fully saturated rings. The van der Waals surface area contributed by atoms with E-state index in [-0.39, 0.29) is 18.2 Å². The maximum Gasteiger partial charge on any atom is 0.244 e. The van der Waals surface area contributed by atoms with E-state index in [0.717, 1.165) is 5.56 Å². The van der Waals surface area contributed by atoms with Gasteiger partial charge in [-0.1, -0.05) is 12.1 Å². The van der Waals surface area contributed by atoms with E-state index in [2.05, 4.69) is 10.6 Å². The molecule has 1 aromatic carbocycles. The van der Waals surface area contributed by atoms with Crippen molar-refractivity contribution in [1.82, 2.24) is 10.6 Å². The standard InChI is InChI=1S/C12H11N3O2/c13-6-8-1-3-9(4-2-8)7-14-10-5-11(16)15-12(10)17/h1-4,10,14H,5,7H2,(H,15,16,17). The van der Waals surface area contributed by atoms with Crippen LogP contribution in [-0.2, 0) is 16.1 Å². The van der Waals surface area contributed by atoms with Crippen LogP contribution in [-0.4, -0.2) is 17.9 Å². The van der Waals surface area contributed by atoms with Crippen LogP contribution in [0.5, 0.6) is 0 Å². The fourth-order valence-electron chi connectivity index (χ4n) is 1.66. The molecule has 1 saturated heterocycles. The summed E-state index contributed by atoms with van der Waals surface area (Å²) in [4.78, 5) is 22.2. The highest BCUT2D eigenvalue weighted by Gasteiger charge is 2.29. The van der Waals surface area contributed by atoms with E-state index in [9.17, 15) is 9.59 Å². The predicted octanol–water partition coefficient (Wildman–Crippen LogP) is 0.0630. The van der Waals surface area contributed by atoms with Gasteiger partial charge in [0, 0.05) is 6.54 Å². The number of benzene rings is 1. The van der Waals surface area contributed by atoms with E-state index < -0.39 is 6.04 Å². The average molecular weight is 229 g/mol. The van der Waals surface area contributed by atoms with Gasteiger partial charge in [0.15, 0.2) is 0 Å². The molecule has 0 bridgehead atoms. The highest BCUT2D eigenvalue weighted by Crippen LogP contribution is 2.06. The highest BCUT2D eigenvalue weighted by atomic mass is 16.2. The van der Waals surface area contributed by atoms with Crippen LogP contribution in [0, 0.1) is 11.3 Å². The third-order valence-corrected chi connectivity index (χ3v) is 2.60. The minimum atomic E-state index is -0.446. The molecule has 1 atom stereocenters. The van der Waals surface area contributed by atoms with Crippen molar-refractivity contribution in [3.8, 4) is 6.07 Å². The third kappa shape index (κ3) is 2.68. The van der Waals surface area contributed by atoms with Crippen LogP contribution in [0.1, 0.15) is 17.5 Å². The Hall–Kier alpha value is -2.19. The van der Waals surface area contributed by atoms with Crippen LogP contribution in [0.25, 0.3) is 0 Å². The number of nitrogens with one attached hydrogen (secondary N) is 2. The normalized spacial score (nSPS) is 18.9. The van der Waals surface area contributed by atoms with Crippen LogP contribution in [0.2, 0.25) is 0 Å². The van der Waals surface area contributed by atoms with E-state index in [1.165, 1.54) is 0 Å². The van der Waals surface area contributed by atoms with Crippen LogP contribution in [0.15, 0.2) is 24.3 Å². The van der Waals surface area contributed by atoms with Gasteiger partial charge in [0.1, 0.15) is 0 Å². The van der Waals surface area contributed by atoms with Crippen LogP contribution >= 0.6 is 0 Å². The first-order valence-electron chi connectivity index (χ1n) is 5.25. The van der Waals surface area contributed by atoms with Crippen molar-refractivity contribution in [2.75, 3.05) is 0 Å². The van der Waals surface area contributed by atoms with Gasteiger partial charge in [-0.3, -0.25) is 14.9 Å². The zero-order chi connectivity index (χ0) is 12.3. The average Bonchev–Trinajstić information content (AvgIpc) is 2.66. The lowest BCUT2D eigenvalue weighted by molar-refractivity contribution is -0.125. The fourth-order valence-corrected chi connectivity index (χ4v) is 1.66. The Balaban J connectivity index is 1.92. The first kappa shape index (κ1) is 11.3. The van der Waals surface area contributed by atoms with E-state index in [1.54, 1.807) is 12.1 Å². The molecule has 0 spiro atoms. The molecule has 2 N–H and O–H groups in total. The molecule has 0 aliphatic carbocycles. The number of hydrogen-bond donors (Lipinski definition) is 2. The Morgan fingerprint density at radius 3 is 2.59 bits per heavy atom. The summed E-state index contributed by atoms with van der Waals surface area (Å²) in [5.41, 5.74) is 1.57. The molecule has 2 rings (SSSR count). The summed E-state index contributed by atoms with van der Waals surface area (Å²) >= 11 is 0. The van der Waals surface area contributed by atoms with E-state index in [4.69, 9.17) is 5.26 Å². The maximum absolute atomic E-state index is 11.3. The molecular weight excluding hydrogens is 218 g/mol. The summed E-state index contributed by atoms with van der Waals surface area (Å²) in [6, 6.07) is 8.67. The first-order chi connectivity index (χ1) is 8.19. The molecule has 1 unspecified atom stereocenters. The van der Waals surface area contributed by atoms with E-state index >= 15 is 0 Å². The number of imide groups is 1. The number of amides is 2. The van der Waals surface area contributed by atoms with Gasteiger partial charge in [-0.15, -0.1) is 0 Å². The topological polar surface area (TPSA) is 82.0 Å². The number of hydrogen-bond acceptors (Lipinski definition) is 4. The second kappa shape index (κ2) is 4.76. The SMILES string of the molecule is N#Cc1ccc(CNC2CC(=O)NC2=O)cc1. The molecule has 5 heteroatoms. The molecule has 0 saturated carbocycles. The maximum atomic E-state index is 11.3. The summed E-state index contributed by atoms with van der Waals surface area (Å²) in [6.45, 7) is 0.497. The Bertz CT molecular complexity index is 487.